The van der Waals surface area contributed by atoms with Gasteiger partial charge in [-0.2, -0.15) is 0 Å². The van der Waals surface area contributed by atoms with Gasteiger partial charge in [-0.3, -0.25) is 9.59 Å². The average Bonchev–Trinajstić information content (AvgIpc) is 3.31. The van der Waals surface area contributed by atoms with Crippen molar-refractivity contribution in [3.8, 4) is 11.5 Å². The smallest absolute Gasteiger partial charge is 0.412 e. The Labute approximate surface area is 215 Å². The summed E-state index contributed by atoms with van der Waals surface area (Å²) in [6.45, 7) is 1.59. The van der Waals surface area contributed by atoms with Crippen molar-refractivity contribution >= 4 is 45.7 Å². The summed E-state index contributed by atoms with van der Waals surface area (Å²) in [6, 6.07) is 8.01. The third kappa shape index (κ3) is 7.63. The van der Waals surface area contributed by atoms with E-state index in [2.05, 4.69) is 21.3 Å². The van der Waals surface area contributed by atoms with Crippen molar-refractivity contribution in [2.45, 2.75) is 13.2 Å². The van der Waals surface area contributed by atoms with Crippen molar-refractivity contribution in [2.24, 2.45) is 0 Å². The highest BCUT2D eigenvalue weighted by Gasteiger charge is 2.24. The van der Waals surface area contributed by atoms with Crippen LogP contribution in [0.15, 0.2) is 34.7 Å². The Morgan fingerprint density at radius 3 is 2.03 bits per heavy atom. The van der Waals surface area contributed by atoms with E-state index in [0.29, 0.717) is 10.8 Å². The van der Waals surface area contributed by atoms with Crippen molar-refractivity contribution < 1.29 is 48.4 Å². The standard InChI is InChI=1S/C24H28N4O10/c1-13(29)17-10-16-20(37-23(34)27-8-6-25-11-18(30)31)14-4-2-3-5-15(14)21(22(16)36-17)38-24(35)28-9-7-26-12-19(32)33/h2-5,10,19,25-26,32-33H,6-9,11-12H2,1H3,(H,27,34)(H,28,35)(H,30,31). The van der Waals surface area contributed by atoms with Crippen LogP contribution in [-0.2, 0) is 4.79 Å². The van der Waals surface area contributed by atoms with Gasteiger partial charge < -0.3 is 50.5 Å². The highest BCUT2D eigenvalue weighted by molar-refractivity contribution is 6.12. The molecule has 0 aliphatic rings. The minimum Gasteiger partial charge on any atom is -0.480 e. The molecule has 0 bridgehead atoms. The van der Waals surface area contributed by atoms with Gasteiger partial charge in [0.1, 0.15) is 0 Å². The number of carboxylic acid groups (broad SMARTS) is 1. The van der Waals surface area contributed by atoms with Crippen molar-refractivity contribution in [2.75, 3.05) is 39.3 Å². The normalized spacial score (nSPS) is 11.1. The number of aliphatic hydroxyl groups excluding tert-OH is 1. The summed E-state index contributed by atoms with van der Waals surface area (Å²) in [7, 11) is 0. The first-order valence-electron chi connectivity index (χ1n) is 11.6. The number of aliphatic hydroxyl groups is 2. The second-order valence-corrected chi connectivity index (χ2v) is 8.00. The average molecular weight is 533 g/mol. The minimum absolute atomic E-state index is 0.00460. The summed E-state index contributed by atoms with van der Waals surface area (Å²) in [4.78, 5) is 47.6. The molecule has 0 atom stereocenters. The number of hydrogen-bond donors (Lipinski definition) is 7. The number of hydrogen-bond acceptors (Lipinski definition) is 11. The summed E-state index contributed by atoms with van der Waals surface area (Å²) in [5, 5.41) is 37.7. The molecule has 0 radical (unpaired) electrons. The summed E-state index contributed by atoms with van der Waals surface area (Å²) >= 11 is 0. The molecule has 0 saturated heterocycles. The first kappa shape index (κ1) is 28.3. The number of ether oxygens (including phenoxy) is 2. The summed E-state index contributed by atoms with van der Waals surface area (Å²) in [6.07, 6.45) is -3.18. The molecule has 0 aliphatic carbocycles. The molecule has 0 unspecified atom stereocenters. The van der Waals surface area contributed by atoms with E-state index in [1.165, 1.54) is 13.0 Å². The lowest BCUT2D eigenvalue weighted by atomic mass is 10.1. The molecule has 0 saturated carbocycles. The number of Topliss-reactive ketones (excluding diaryl/α,β-unsaturated/α-hetero) is 1. The maximum Gasteiger partial charge on any atom is 0.412 e. The SMILES string of the molecule is CC(=O)c1cc2c(OC(=O)NCCNCC(=O)O)c3ccccc3c(OC(=O)NCCNCC(O)O)c2o1. The number of benzene rings is 2. The van der Waals surface area contributed by atoms with E-state index in [-0.39, 0.29) is 67.5 Å². The van der Waals surface area contributed by atoms with Gasteiger partial charge in [-0.05, 0) is 6.07 Å². The molecule has 0 fully saturated rings. The van der Waals surface area contributed by atoms with Crippen LogP contribution >= 0.6 is 0 Å². The lowest BCUT2D eigenvalue weighted by molar-refractivity contribution is -0.135. The Morgan fingerprint density at radius 1 is 0.868 bits per heavy atom. The number of carbonyl (C=O) groups is 4. The molecule has 0 aliphatic heterocycles. The monoisotopic (exact) mass is 532 g/mol. The van der Waals surface area contributed by atoms with Crippen LogP contribution in [0.2, 0.25) is 0 Å². The maximum absolute atomic E-state index is 12.5. The van der Waals surface area contributed by atoms with Gasteiger partial charge in [-0.25, -0.2) is 9.59 Å². The number of ketones is 1. The number of aliphatic carboxylic acids is 1. The van der Waals surface area contributed by atoms with Crippen molar-refractivity contribution in [1.29, 1.82) is 0 Å². The fourth-order valence-corrected chi connectivity index (χ4v) is 3.45. The van der Waals surface area contributed by atoms with Crippen LogP contribution in [0.1, 0.15) is 17.5 Å². The highest BCUT2D eigenvalue weighted by Crippen LogP contribution is 2.44. The van der Waals surface area contributed by atoms with Gasteiger partial charge in [0.15, 0.2) is 34.9 Å². The van der Waals surface area contributed by atoms with Gasteiger partial charge in [0.2, 0.25) is 0 Å². The molecule has 3 aromatic rings. The Morgan fingerprint density at radius 2 is 1.45 bits per heavy atom. The largest absolute Gasteiger partial charge is 0.480 e. The molecule has 1 heterocycles. The number of carbonyl (C=O) groups excluding carboxylic acids is 3. The molecular weight excluding hydrogens is 504 g/mol. The topological polar surface area (TPSA) is 209 Å². The number of furan rings is 1. The van der Waals surface area contributed by atoms with Crippen LogP contribution in [-0.4, -0.2) is 84.8 Å². The Hall–Kier alpha value is -4.24. The lowest BCUT2D eigenvalue weighted by Gasteiger charge is -2.14. The predicted octanol–water partition coefficient (Wildman–Crippen LogP) is 0.540. The van der Waals surface area contributed by atoms with Gasteiger partial charge in [0.05, 0.1) is 11.9 Å². The number of amides is 2. The lowest BCUT2D eigenvalue weighted by Crippen LogP contribution is -2.36. The highest BCUT2D eigenvalue weighted by atomic mass is 16.6. The Kier molecular flexibility index (Phi) is 9.95. The second-order valence-electron chi connectivity index (χ2n) is 8.00. The van der Waals surface area contributed by atoms with E-state index in [9.17, 15) is 19.2 Å². The van der Waals surface area contributed by atoms with Crippen LogP contribution < -0.4 is 30.7 Å². The quantitative estimate of drug-likeness (QED) is 0.0914. The van der Waals surface area contributed by atoms with Crippen molar-refractivity contribution in [3.05, 3.63) is 36.1 Å². The molecule has 2 amide bonds. The fourth-order valence-electron chi connectivity index (χ4n) is 3.45. The number of nitrogens with one attached hydrogen (secondary N) is 4. The van der Waals surface area contributed by atoms with Gasteiger partial charge in [-0.15, -0.1) is 0 Å². The number of rotatable bonds is 13. The van der Waals surface area contributed by atoms with Gasteiger partial charge in [-0.1, -0.05) is 24.3 Å². The van der Waals surface area contributed by atoms with Crippen LogP contribution in [0.25, 0.3) is 21.7 Å². The van der Waals surface area contributed by atoms with Crippen molar-refractivity contribution in [1.82, 2.24) is 21.3 Å². The molecule has 2 aromatic carbocycles. The zero-order chi connectivity index (χ0) is 27.7. The maximum atomic E-state index is 12.5. The first-order valence-corrected chi connectivity index (χ1v) is 11.6. The Bertz CT molecular complexity index is 1320. The van der Waals surface area contributed by atoms with E-state index in [1.54, 1.807) is 24.3 Å². The molecule has 14 heteroatoms. The molecule has 14 nitrogen and oxygen atoms in total. The van der Waals surface area contributed by atoms with E-state index in [0.717, 1.165) is 0 Å². The van der Waals surface area contributed by atoms with E-state index in [4.69, 9.17) is 29.2 Å². The first-order chi connectivity index (χ1) is 18.2. The van der Waals surface area contributed by atoms with E-state index in [1.807, 2.05) is 0 Å². The minimum atomic E-state index is -1.52. The Balaban J connectivity index is 1.86. The van der Waals surface area contributed by atoms with Crippen LogP contribution in [0.5, 0.6) is 11.5 Å². The third-order valence-electron chi connectivity index (χ3n) is 5.08. The molecular formula is C24H28N4O10. The van der Waals surface area contributed by atoms with Gasteiger partial charge in [0, 0.05) is 50.4 Å². The van der Waals surface area contributed by atoms with Gasteiger partial charge in [0.25, 0.3) is 0 Å². The molecule has 0 spiro atoms. The van der Waals surface area contributed by atoms with E-state index >= 15 is 0 Å². The van der Waals surface area contributed by atoms with Gasteiger partial charge >= 0.3 is 18.2 Å². The molecule has 7 N–H and O–H groups in total. The summed E-state index contributed by atoms with van der Waals surface area (Å²) in [5.41, 5.74) is 0.0107. The molecule has 204 valence electrons. The summed E-state index contributed by atoms with van der Waals surface area (Å²) in [5.74, 6) is -1.41. The second kappa shape index (κ2) is 13.3. The molecule has 38 heavy (non-hydrogen) atoms. The van der Waals surface area contributed by atoms with Crippen molar-refractivity contribution in [3.63, 3.8) is 0 Å². The number of fused-ring (bicyclic) bond motifs is 2. The summed E-state index contributed by atoms with van der Waals surface area (Å²) < 4.78 is 16.8. The van der Waals surface area contributed by atoms with Crippen LogP contribution in [0, 0.1) is 0 Å². The van der Waals surface area contributed by atoms with Crippen LogP contribution in [0.3, 0.4) is 0 Å². The predicted molar refractivity (Wildman–Crippen MR) is 133 cm³/mol. The molecule has 1 aromatic heterocycles. The van der Waals surface area contributed by atoms with Crippen LogP contribution in [0.4, 0.5) is 9.59 Å². The zero-order valence-electron chi connectivity index (χ0n) is 20.4. The fraction of sp³-hybridized carbons (Fsp3) is 0.333. The molecule has 3 rings (SSSR count). The third-order valence-corrected chi connectivity index (χ3v) is 5.08. The number of carboxylic acids is 1. The van der Waals surface area contributed by atoms with E-state index < -0.39 is 30.2 Å². The zero-order valence-corrected chi connectivity index (χ0v) is 20.4.